The minimum atomic E-state index is 0.593. The molecule has 1 heterocycles. The van der Waals surface area contributed by atoms with Crippen molar-refractivity contribution in [3.63, 3.8) is 0 Å². The van der Waals surface area contributed by atoms with Gasteiger partial charge in [0.2, 0.25) is 0 Å². The molecule has 3 atom stereocenters. The Balaban J connectivity index is 2.45. The van der Waals surface area contributed by atoms with Crippen LogP contribution in [0.15, 0.2) is 0 Å². The van der Waals surface area contributed by atoms with Crippen molar-refractivity contribution < 1.29 is 0 Å². The maximum atomic E-state index is 3.57. The van der Waals surface area contributed by atoms with E-state index in [1.165, 1.54) is 25.9 Å². The molecule has 0 radical (unpaired) electrons. The van der Waals surface area contributed by atoms with Gasteiger partial charge in [0, 0.05) is 24.7 Å². The van der Waals surface area contributed by atoms with Crippen molar-refractivity contribution in [3.05, 3.63) is 0 Å². The lowest BCUT2D eigenvalue weighted by Gasteiger charge is -2.36. The second-order valence-electron chi connectivity index (χ2n) is 6.58. The molecule has 0 bridgehead atoms. The monoisotopic (exact) mass is 255 g/mol. The van der Waals surface area contributed by atoms with Crippen molar-refractivity contribution in [2.24, 2.45) is 5.92 Å². The van der Waals surface area contributed by atoms with E-state index in [1.807, 2.05) is 0 Å². The fourth-order valence-electron chi connectivity index (χ4n) is 2.93. The van der Waals surface area contributed by atoms with Gasteiger partial charge < -0.3 is 10.2 Å². The molecule has 108 valence electrons. The highest BCUT2D eigenvalue weighted by Crippen LogP contribution is 2.23. The lowest BCUT2D eigenvalue weighted by molar-refractivity contribution is 0.125. The van der Waals surface area contributed by atoms with Crippen LogP contribution in [0.1, 0.15) is 40.5 Å². The molecule has 1 aliphatic rings. The van der Waals surface area contributed by atoms with E-state index in [4.69, 9.17) is 0 Å². The molecular formula is C15H33N3. The molecule has 0 aromatic carbocycles. The van der Waals surface area contributed by atoms with Gasteiger partial charge in [-0.1, -0.05) is 20.8 Å². The van der Waals surface area contributed by atoms with Gasteiger partial charge in [0.1, 0.15) is 0 Å². The normalized spacial score (nSPS) is 25.0. The summed E-state index contributed by atoms with van der Waals surface area (Å²) >= 11 is 0. The average Bonchev–Trinajstić information content (AvgIpc) is 2.71. The highest BCUT2D eigenvalue weighted by molar-refractivity contribution is 4.87. The molecular weight excluding hydrogens is 222 g/mol. The van der Waals surface area contributed by atoms with Crippen LogP contribution in [-0.2, 0) is 0 Å². The van der Waals surface area contributed by atoms with E-state index >= 15 is 0 Å². The van der Waals surface area contributed by atoms with E-state index in [0.717, 1.165) is 18.5 Å². The van der Waals surface area contributed by atoms with Crippen LogP contribution in [0.3, 0.4) is 0 Å². The zero-order valence-corrected chi connectivity index (χ0v) is 13.2. The number of hydrogen-bond donors (Lipinski definition) is 1. The zero-order chi connectivity index (χ0) is 13.7. The zero-order valence-electron chi connectivity index (χ0n) is 13.2. The van der Waals surface area contributed by atoms with Crippen LogP contribution in [0.2, 0.25) is 0 Å². The van der Waals surface area contributed by atoms with E-state index in [0.29, 0.717) is 12.1 Å². The lowest BCUT2D eigenvalue weighted by Crippen LogP contribution is -2.47. The van der Waals surface area contributed by atoms with Gasteiger partial charge in [-0.25, -0.2) is 0 Å². The van der Waals surface area contributed by atoms with E-state index in [9.17, 15) is 0 Å². The third-order valence-corrected chi connectivity index (χ3v) is 4.19. The quantitative estimate of drug-likeness (QED) is 0.751. The number of nitrogens with one attached hydrogen (secondary N) is 1. The van der Waals surface area contributed by atoms with Crippen molar-refractivity contribution in [2.75, 3.05) is 33.7 Å². The molecule has 0 aliphatic carbocycles. The standard InChI is InChI=1S/C15H33N3/c1-12(2)16-10-13(3)14(4)18-9-7-8-15(18)11-17(5)6/h12-16H,7-11H2,1-6H3. The molecule has 3 nitrogen and oxygen atoms in total. The first-order valence-corrected chi connectivity index (χ1v) is 7.55. The summed E-state index contributed by atoms with van der Waals surface area (Å²) in [5.74, 6) is 0.718. The lowest BCUT2D eigenvalue weighted by atomic mass is 10.0. The Morgan fingerprint density at radius 1 is 1.22 bits per heavy atom. The van der Waals surface area contributed by atoms with Crippen molar-refractivity contribution in [1.82, 2.24) is 15.1 Å². The van der Waals surface area contributed by atoms with Gasteiger partial charge >= 0.3 is 0 Å². The molecule has 3 heteroatoms. The number of hydrogen-bond acceptors (Lipinski definition) is 3. The SMILES string of the molecule is CC(C)NCC(C)C(C)N1CCCC1CN(C)C. The number of rotatable bonds is 7. The molecule has 18 heavy (non-hydrogen) atoms. The molecule has 1 aliphatic heterocycles. The van der Waals surface area contributed by atoms with Crippen LogP contribution in [0.25, 0.3) is 0 Å². The first-order chi connectivity index (χ1) is 8.41. The van der Waals surface area contributed by atoms with Crippen LogP contribution in [0, 0.1) is 5.92 Å². The van der Waals surface area contributed by atoms with E-state index in [2.05, 4.69) is 56.9 Å². The summed E-state index contributed by atoms with van der Waals surface area (Å²) in [6.45, 7) is 12.8. The minimum absolute atomic E-state index is 0.593. The van der Waals surface area contributed by atoms with Gasteiger partial charge in [0.15, 0.2) is 0 Å². The van der Waals surface area contributed by atoms with E-state index in [-0.39, 0.29) is 0 Å². The predicted octanol–water partition coefficient (Wildman–Crippen LogP) is 2.04. The first kappa shape index (κ1) is 15.9. The largest absolute Gasteiger partial charge is 0.314 e. The van der Waals surface area contributed by atoms with Crippen molar-refractivity contribution >= 4 is 0 Å². The second kappa shape index (κ2) is 7.46. The van der Waals surface area contributed by atoms with Crippen LogP contribution < -0.4 is 5.32 Å². The van der Waals surface area contributed by atoms with Crippen molar-refractivity contribution in [1.29, 1.82) is 0 Å². The number of nitrogens with zero attached hydrogens (tertiary/aromatic N) is 2. The molecule has 1 saturated heterocycles. The Kier molecular flexibility index (Phi) is 6.61. The molecule has 1 N–H and O–H groups in total. The minimum Gasteiger partial charge on any atom is -0.314 e. The first-order valence-electron chi connectivity index (χ1n) is 7.55. The van der Waals surface area contributed by atoms with Gasteiger partial charge in [-0.2, -0.15) is 0 Å². The molecule has 3 unspecified atom stereocenters. The fraction of sp³-hybridized carbons (Fsp3) is 1.00. The summed E-state index contributed by atoms with van der Waals surface area (Å²) in [6, 6.07) is 2.04. The fourth-order valence-corrected chi connectivity index (χ4v) is 2.93. The summed E-state index contributed by atoms with van der Waals surface area (Å²) in [6.07, 6.45) is 2.74. The van der Waals surface area contributed by atoms with Crippen molar-refractivity contribution in [2.45, 2.75) is 58.7 Å². The van der Waals surface area contributed by atoms with Crippen LogP contribution in [-0.4, -0.2) is 61.7 Å². The highest BCUT2D eigenvalue weighted by atomic mass is 15.2. The van der Waals surface area contributed by atoms with Crippen molar-refractivity contribution in [3.8, 4) is 0 Å². The Hall–Kier alpha value is -0.120. The van der Waals surface area contributed by atoms with Gasteiger partial charge in [-0.15, -0.1) is 0 Å². The maximum absolute atomic E-state index is 3.57. The molecule has 0 saturated carbocycles. The average molecular weight is 255 g/mol. The molecule has 0 spiro atoms. The molecule has 0 aromatic rings. The second-order valence-corrected chi connectivity index (χ2v) is 6.58. The maximum Gasteiger partial charge on any atom is 0.0226 e. The summed E-state index contributed by atoms with van der Waals surface area (Å²) in [5.41, 5.74) is 0. The van der Waals surface area contributed by atoms with E-state index < -0.39 is 0 Å². The number of likely N-dealkylation sites (tertiary alicyclic amines) is 1. The topological polar surface area (TPSA) is 18.5 Å². The molecule has 0 aromatic heterocycles. The van der Waals surface area contributed by atoms with Gasteiger partial charge in [0.05, 0.1) is 0 Å². The summed E-state index contributed by atoms with van der Waals surface area (Å²) < 4.78 is 0. The Morgan fingerprint density at radius 2 is 1.89 bits per heavy atom. The Morgan fingerprint density at radius 3 is 2.44 bits per heavy atom. The predicted molar refractivity (Wildman–Crippen MR) is 80.0 cm³/mol. The molecule has 0 amide bonds. The highest BCUT2D eigenvalue weighted by Gasteiger charge is 2.30. The summed E-state index contributed by atoms with van der Waals surface area (Å²) in [5, 5.41) is 3.57. The smallest absolute Gasteiger partial charge is 0.0226 e. The summed E-state index contributed by atoms with van der Waals surface area (Å²) in [4.78, 5) is 5.05. The third-order valence-electron chi connectivity index (χ3n) is 4.19. The van der Waals surface area contributed by atoms with Gasteiger partial charge in [0.25, 0.3) is 0 Å². The van der Waals surface area contributed by atoms with Crippen LogP contribution in [0.4, 0.5) is 0 Å². The Bertz CT molecular complexity index is 228. The molecule has 1 fully saturated rings. The summed E-state index contributed by atoms with van der Waals surface area (Å²) in [7, 11) is 4.37. The third kappa shape index (κ3) is 4.87. The van der Waals surface area contributed by atoms with Gasteiger partial charge in [-0.05, 0) is 52.9 Å². The number of likely N-dealkylation sites (N-methyl/N-ethyl adjacent to an activating group) is 1. The van der Waals surface area contributed by atoms with Crippen LogP contribution >= 0.6 is 0 Å². The Labute approximate surface area is 114 Å². The molecule has 1 rings (SSSR count). The van der Waals surface area contributed by atoms with E-state index in [1.54, 1.807) is 0 Å². The van der Waals surface area contributed by atoms with Gasteiger partial charge in [-0.3, -0.25) is 4.90 Å². The van der Waals surface area contributed by atoms with Crippen LogP contribution in [0.5, 0.6) is 0 Å².